The van der Waals surface area contributed by atoms with Crippen LogP contribution in [0.25, 0.3) is 11.1 Å². The number of nitrogens with zero attached hydrogens (tertiary/aromatic N) is 2. The molecule has 5 heteroatoms. The van der Waals surface area contributed by atoms with Gasteiger partial charge in [-0.2, -0.15) is 0 Å². The Morgan fingerprint density at radius 3 is 3.00 bits per heavy atom. The molecule has 0 aliphatic carbocycles. The van der Waals surface area contributed by atoms with Crippen LogP contribution in [0.2, 0.25) is 0 Å². The molecule has 11 heavy (non-hydrogen) atoms. The normalized spacial score (nSPS) is 10.5. The van der Waals surface area contributed by atoms with E-state index in [1.54, 1.807) is 0 Å². The minimum absolute atomic E-state index is 0.348. The molecular formula is C6H4BN3O. The lowest BCUT2D eigenvalue weighted by Crippen LogP contribution is -2.02. The van der Waals surface area contributed by atoms with Crippen LogP contribution >= 0.6 is 0 Å². The Hall–Kier alpha value is -1.52. The molecule has 2 N–H and O–H groups in total. The zero-order valence-electron chi connectivity index (χ0n) is 5.61. The summed E-state index contributed by atoms with van der Waals surface area (Å²) < 4.78 is 4.97. The molecule has 0 spiro atoms. The quantitative estimate of drug-likeness (QED) is 0.512. The summed E-state index contributed by atoms with van der Waals surface area (Å²) in [6.45, 7) is 0. The molecule has 2 rings (SSSR count). The van der Waals surface area contributed by atoms with E-state index >= 15 is 0 Å². The molecule has 0 bridgehead atoms. The first kappa shape index (κ1) is 6.21. The highest BCUT2D eigenvalue weighted by Crippen LogP contribution is 2.13. The van der Waals surface area contributed by atoms with Gasteiger partial charge in [-0.05, 0) is 5.46 Å². The lowest BCUT2D eigenvalue weighted by Gasteiger charge is -1.91. The van der Waals surface area contributed by atoms with Gasteiger partial charge in [0.1, 0.15) is 20.0 Å². The molecule has 0 atom stereocenters. The van der Waals surface area contributed by atoms with Crippen molar-refractivity contribution in [2.24, 2.45) is 0 Å². The maximum absolute atomic E-state index is 5.52. The first-order valence-electron chi connectivity index (χ1n) is 3.02. The third-order valence-corrected chi connectivity index (χ3v) is 1.43. The highest BCUT2D eigenvalue weighted by molar-refractivity contribution is 6.39. The highest BCUT2D eigenvalue weighted by atomic mass is 16.3. The van der Waals surface area contributed by atoms with Gasteiger partial charge < -0.3 is 10.2 Å². The van der Waals surface area contributed by atoms with Crippen LogP contribution in [0.5, 0.6) is 0 Å². The van der Waals surface area contributed by atoms with Gasteiger partial charge in [0, 0.05) is 0 Å². The molecule has 2 aromatic rings. The number of nitrogens with two attached hydrogens (primary N) is 1. The zero-order chi connectivity index (χ0) is 7.84. The molecule has 0 aromatic carbocycles. The van der Waals surface area contributed by atoms with E-state index in [0.717, 1.165) is 0 Å². The lowest BCUT2D eigenvalue weighted by atomic mass is 9.97. The summed E-state index contributed by atoms with van der Waals surface area (Å²) in [5, 5.41) is 0.590. The molecule has 0 saturated heterocycles. The van der Waals surface area contributed by atoms with Crippen molar-refractivity contribution in [1.82, 2.24) is 9.97 Å². The number of nitrogen functional groups attached to an aromatic ring is 1. The number of hydrogen-bond donors (Lipinski definition) is 1. The summed E-state index contributed by atoms with van der Waals surface area (Å²) in [6.07, 6.45) is 2.73. The van der Waals surface area contributed by atoms with Crippen LogP contribution in [0.15, 0.2) is 17.0 Å². The predicted molar refractivity (Wildman–Crippen MR) is 41.6 cm³/mol. The third kappa shape index (κ3) is 0.773. The van der Waals surface area contributed by atoms with E-state index in [1.165, 1.54) is 12.6 Å². The number of fused-ring (bicyclic) bond motifs is 1. The monoisotopic (exact) mass is 145 g/mol. The molecule has 0 amide bonds. The molecule has 4 nitrogen and oxygen atoms in total. The smallest absolute Gasteiger partial charge is 0.230 e. The van der Waals surface area contributed by atoms with E-state index in [0.29, 0.717) is 22.4 Å². The first-order chi connectivity index (χ1) is 5.29. The van der Waals surface area contributed by atoms with Gasteiger partial charge in [0.15, 0.2) is 0 Å². The fourth-order valence-electron chi connectivity index (χ4n) is 0.921. The van der Waals surface area contributed by atoms with E-state index in [1.807, 2.05) is 0 Å². The number of rotatable bonds is 0. The van der Waals surface area contributed by atoms with Crippen molar-refractivity contribution in [3.63, 3.8) is 0 Å². The SMILES string of the molecule is [B]c1coc2ncnc(N)c12. The second-order valence-corrected chi connectivity index (χ2v) is 2.13. The molecule has 0 fully saturated rings. The summed E-state index contributed by atoms with van der Waals surface area (Å²) in [4.78, 5) is 7.59. The lowest BCUT2D eigenvalue weighted by molar-refractivity contribution is 0.604. The first-order valence-corrected chi connectivity index (χ1v) is 3.02. The number of hydrogen-bond acceptors (Lipinski definition) is 4. The van der Waals surface area contributed by atoms with Crippen molar-refractivity contribution in [3.05, 3.63) is 12.6 Å². The average molecular weight is 145 g/mol. The van der Waals surface area contributed by atoms with E-state index in [4.69, 9.17) is 18.0 Å². The van der Waals surface area contributed by atoms with E-state index in [-0.39, 0.29) is 0 Å². The minimum Gasteiger partial charge on any atom is -0.447 e. The Morgan fingerprint density at radius 1 is 1.45 bits per heavy atom. The van der Waals surface area contributed by atoms with Gasteiger partial charge in [-0.1, -0.05) is 0 Å². The largest absolute Gasteiger partial charge is 0.447 e. The zero-order valence-corrected chi connectivity index (χ0v) is 5.61. The van der Waals surface area contributed by atoms with Crippen molar-refractivity contribution >= 4 is 30.2 Å². The van der Waals surface area contributed by atoms with Crippen LogP contribution in [-0.4, -0.2) is 17.8 Å². The van der Waals surface area contributed by atoms with Crippen LogP contribution < -0.4 is 11.2 Å². The van der Waals surface area contributed by atoms with Crippen LogP contribution in [0.4, 0.5) is 5.82 Å². The summed E-state index contributed by atoms with van der Waals surface area (Å²) >= 11 is 0. The molecule has 0 aliphatic rings. The fourth-order valence-corrected chi connectivity index (χ4v) is 0.921. The second kappa shape index (κ2) is 1.98. The van der Waals surface area contributed by atoms with Gasteiger partial charge in [0.2, 0.25) is 5.71 Å². The van der Waals surface area contributed by atoms with Crippen molar-refractivity contribution < 1.29 is 4.42 Å². The van der Waals surface area contributed by atoms with Gasteiger partial charge in [-0.25, -0.2) is 9.97 Å². The van der Waals surface area contributed by atoms with Gasteiger partial charge in [-0.3, -0.25) is 0 Å². The minimum atomic E-state index is 0.348. The van der Waals surface area contributed by atoms with Crippen molar-refractivity contribution in [1.29, 1.82) is 0 Å². The molecule has 2 radical (unpaired) electrons. The molecule has 0 aliphatic heterocycles. The number of furan rings is 1. The summed E-state index contributed by atoms with van der Waals surface area (Å²) in [5.41, 5.74) is 6.41. The number of aromatic nitrogens is 2. The summed E-state index contributed by atoms with van der Waals surface area (Å²) in [5.74, 6) is 0.348. The van der Waals surface area contributed by atoms with Crippen molar-refractivity contribution in [2.45, 2.75) is 0 Å². The Kier molecular flexibility index (Phi) is 1.12. The van der Waals surface area contributed by atoms with Gasteiger partial charge in [-0.15, -0.1) is 0 Å². The van der Waals surface area contributed by atoms with E-state index in [9.17, 15) is 0 Å². The van der Waals surface area contributed by atoms with Crippen LogP contribution in [0, 0.1) is 0 Å². The molecule has 0 saturated carbocycles. The van der Waals surface area contributed by atoms with Crippen LogP contribution in [0.3, 0.4) is 0 Å². The molecule has 2 aromatic heterocycles. The highest BCUT2D eigenvalue weighted by Gasteiger charge is 2.05. The van der Waals surface area contributed by atoms with Gasteiger partial charge in [0.05, 0.1) is 11.6 Å². The maximum Gasteiger partial charge on any atom is 0.230 e. The standard InChI is InChI=1S/C6H4BN3O/c7-3-1-11-6-4(3)5(8)9-2-10-6/h1-2H,(H2,8,9,10). The Balaban J connectivity index is 2.96. The fraction of sp³-hybridized carbons (Fsp3) is 0. The van der Waals surface area contributed by atoms with E-state index < -0.39 is 0 Å². The Bertz CT molecular complexity index is 398. The third-order valence-electron chi connectivity index (χ3n) is 1.43. The Labute approximate surface area is 63.8 Å². The predicted octanol–water partition coefficient (Wildman–Crippen LogP) is -0.401. The van der Waals surface area contributed by atoms with Crippen molar-refractivity contribution in [2.75, 3.05) is 5.73 Å². The van der Waals surface area contributed by atoms with Gasteiger partial charge >= 0.3 is 0 Å². The van der Waals surface area contributed by atoms with Crippen LogP contribution in [0.1, 0.15) is 0 Å². The molecule has 0 unspecified atom stereocenters. The van der Waals surface area contributed by atoms with Crippen LogP contribution in [-0.2, 0) is 0 Å². The topological polar surface area (TPSA) is 64.9 Å². The molecular weight excluding hydrogens is 141 g/mol. The van der Waals surface area contributed by atoms with E-state index in [2.05, 4.69) is 9.97 Å². The molecule has 2 heterocycles. The summed E-state index contributed by atoms with van der Waals surface area (Å²) in [7, 11) is 5.52. The Morgan fingerprint density at radius 2 is 2.27 bits per heavy atom. The molecule has 52 valence electrons. The second-order valence-electron chi connectivity index (χ2n) is 2.13. The van der Waals surface area contributed by atoms with Gasteiger partial charge in [0.25, 0.3) is 0 Å². The maximum atomic E-state index is 5.52. The average Bonchev–Trinajstić information content (AvgIpc) is 2.34. The summed E-state index contributed by atoms with van der Waals surface area (Å²) in [6, 6.07) is 0. The number of anilines is 1. The van der Waals surface area contributed by atoms with Crippen molar-refractivity contribution in [3.8, 4) is 0 Å².